The van der Waals surface area contributed by atoms with Crippen molar-refractivity contribution in [3.8, 4) is 11.5 Å². The lowest BCUT2D eigenvalue weighted by molar-refractivity contribution is -0.384. The molecule has 3 rings (SSSR count). The Hall–Kier alpha value is -3.31. The minimum atomic E-state index is -0.498. The van der Waals surface area contributed by atoms with Crippen molar-refractivity contribution in [2.45, 2.75) is 6.61 Å². The summed E-state index contributed by atoms with van der Waals surface area (Å²) < 4.78 is 11.8. The Bertz CT molecular complexity index is 1120. The van der Waals surface area contributed by atoms with E-state index in [2.05, 4.69) is 15.9 Å². The van der Waals surface area contributed by atoms with Gasteiger partial charge in [-0.15, -0.1) is 0 Å². The number of carbonyl (C=O) groups is 2. The number of hydrogen-bond acceptors (Lipinski definition) is 7. The van der Waals surface area contributed by atoms with Crippen molar-refractivity contribution >= 4 is 56.8 Å². The Labute approximate surface area is 197 Å². The first-order valence-electron chi connectivity index (χ1n) is 9.19. The summed E-state index contributed by atoms with van der Waals surface area (Å²) in [6.45, 7) is 0.158. The van der Waals surface area contributed by atoms with Gasteiger partial charge in [0.05, 0.1) is 12.0 Å². The highest BCUT2D eigenvalue weighted by Crippen LogP contribution is 2.35. The van der Waals surface area contributed by atoms with E-state index >= 15 is 0 Å². The molecule has 0 radical (unpaired) electrons. The maximum absolute atomic E-state index is 12.6. The van der Waals surface area contributed by atoms with Gasteiger partial charge in [-0.2, -0.15) is 0 Å². The fraction of sp³-hybridized carbons (Fsp3) is 0.190. The van der Waals surface area contributed by atoms with Gasteiger partial charge >= 0.3 is 0 Å². The lowest BCUT2D eigenvalue weighted by atomic mass is 10.1. The third-order valence-corrected chi connectivity index (χ3v) is 6.00. The number of ether oxygens (including phenoxy) is 2. The van der Waals surface area contributed by atoms with Crippen LogP contribution in [0.2, 0.25) is 0 Å². The van der Waals surface area contributed by atoms with Crippen molar-refractivity contribution in [2.24, 2.45) is 0 Å². The average molecular weight is 520 g/mol. The molecule has 1 fully saturated rings. The zero-order valence-electron chi connectivity index (χ0n) is 17.3. The van der Waals surface area contributed by atoms with Crippen molar-refractivity contribution in [3.63, 3.8) is 0 Å². The van der Waals surface area contributed by atoms with Gasteiger partial charge in [-0.3, -0.25) is 29.5 Å². The number of likely N-dealkylation sites (N-methyl/N-ethyl adjacent to an activating group) is 2. The monoisotopic (exact) mass is 519 g/mol. The summed E-state index contributed by atoms with van der Waals surface area (Å²) in [5, 5.41) is 10.9. The van der Waals surface area contributed by atoms with Crippen LogP contribution in [-0.4, -0.2) is 52.9 Å². The molecule has 1 saturated heterocycles. The minimum absolute atomic E-state index is 0.00433. The van der Waals surface area contributed by atoms with Gasteiger partial charge in [0.2, 0.25) is 0 Å². The maximum Gasteiger partial charge on any atom is 0.269 e. The van der Waals surface area contributed by atoms with Gasteiger partial charge in [-0.1, -0.05) is 15.9 Å². The fourth-order valence-electron chi connectivity index (χ4n) is 2.94. The highest BCUT2D eigenvalue weighted by Gasteiger charge is 2.35. The van der Waals surface area contributed by atoms with Crippen LogP contribution in [0.4, 0.5) is 5.69 Å². The Balaban J connectivity index is 1.87. The Kier molecular flexibility index (Phi) is 6.90. The number of carbonyl (C=O) groups excluding carboxylic acids is 2. The SMILES string of the molecule is COc1cc(C=C2C(=O)N(C)C(=S)N(C)C2=O)c(Br)cc1OCc1ccc([N+](=O)[O-])cc1. The van der Waals surface area contributed by atoms with E-state index in [-0.39, 0.29) is 23.0 Å². The van der Waals surface area contributed by atoms with Crippen LogP contribution in [0.25, 0.3) is 6.08 Å². The van der Waals surface area contributed by atoms with E-state index in [0.717, 1.165) is 5.56 Å². The standard InChI is InChI=1S/C21H18BrN3O6S/c1-23-19(26)15(20(27)24(2)21(23)32)8-13-9-17(30-3)18(10-16(13)22)31-11-12-4-6-14(7-5-12)25(28)29/h4-10H,11H2,1-3H3. The summed E-state index contributed by atoms with van der Waals surface area (Å²) in [4.78, 5) is 37.9. The second-order valence-electron chi connectivity index (χ2n) is 6.81. The predicted molar refractivity (Wildman–Crippen MR) is 124 cm³/mol. The Morgan fingerprint density at radius 1 is 1.09 bits per heavy atom. The molecule has 0 bridgehead atoms. The van der Waals surface area contributed by atoms with Gasteiger partial charge in [0, 0.05) is 30.7 Å². The van der Waals surface area contributed by atoms with Gasteiger partial charge in [0.15, 0.2) is 16.6 Å². The zero-order chi connectivity index (χ0) is 23.6. The van der Waals surface area contributed by atoms with Gasteiger partial charge < -0.3 is 9.47 Å². The molecule has 2 aromatic carbocycles. The number of benzene rings is 2. The van der Waals surface area contributed by atoms with Crippen molar-refractivity contribution in [3.05, 3.63) is 67.7 Å². The van der Waals surface area contributed by atoms with E-state index in [9.17, 15) is 19.7 Å². The van der Waals surface area contributed by atoms with Crippen LogP contribution < -0.4 is 9.47 Å². The molecule has 0 saturated carbocycles. The topological polar surface area (TPSA) is 102 Å². The lowest BCUT2D eigenvalue weighted by Gasteiger charge is -2.31. The Morgan fingerprint density at radius 2 is 1.69 bits per heavy atom. The first-order valence-corrected chi connectivity index (χ1v) is 10.4. The summed E-state index contributed by atoms with van der Waals surface area (Å²) >= 11 is 8.54. The summed E-state index contributed by atoms with van der Waals surface area (Å²) in [6.07, 6.45) is 1.46. The van der Waals surface area contributed by atoms with Crippen molar-refractivity contribution in [1.82, 2.24) is 9.80 Å². The first kappa shape index (κ1) is 23.4. The van der Waals surface area contributed by atoms with Crippen molar-refractivity contribution < 1.29 is 24.0 Å². The molecule has 0 spiro atoms. The maximum atomic E-state index is 12.6. The van der Waals surface area contributed by atoms with Gasteiger partial charge in [0.1, 0.15) is 12.2 Å². The van der Waals surface area contributed by atoms with Crippen LogP contribution in [-0.2, 0) is 16.2 Å². The average Bonchev–Trinajstić information content (AvgIpc) is 2.79. The van der Waals surface area contributed by atoms with Crippen molar-refractivity contribution in [1.29, 1.82) is 0 Å². The van der Waals surface area contributed by atoms with Crippen molar-refractivity contribution in [2.75, 3.05) is 21.2 Å². The minimum Gasteiger partial charge on any atom is -0.493 e. The molecular formula is C21H18BrN3O6S. The molecule has 1 heterocycles. The smallest absolute Gasteiger partial charge is 0.269 e. The molecule has 11 heteroatoms. The number of rotatable bonds is 6. The summed E-state index contributed by atoms with van der Waals surface area (Å²) in [6, 6.07) is 9.31. The summed E-state index contributed by atoms with van der Waals surface area (Å²) in [5.41, 5.74) is 1.23. The normalized spacial score (nSPS) is 14.0. The van der Waals surface area contributed by atoms with E-state index in [1.165, 1.54) is 49.2 Å². The molecule has 32 heavy (non-hydrogen) atoms. The molecule has 0 N–H and O–H groups in total. The molecule has 0 unspecified atom stereocenters. The number of nitro benzene ring substituents is 1. The molecule has 0 aliphatic carbocycles. The quantitative estimate of drug-likeness (QED) is 0.189. The van der Waals surface area contributed by atoms with E-state index < -0.39 is 16.7 Å². The number of amides is 2. The van der Waals surface area contributed by atoms with Crippen LogP contribution >= 0.6 is 28.1 Å². The van der Waals surface area contributed by atoms with Crippen LogP contribution in [0, 0.1) is 10.1 Å². The lowest BCUT2D eigenvalue weighted by Crippen LogP contribution is -2.52. The van der Waals surface area contributed by atoms with Gasteiger partial charge in [-0.05, 0) is 53.7 Å². The third kappa shape index (κ3) is 4.63. The second-order valence-corrected chi connectivity index (χ2v) is 8.03. The van der Waals surface area contributed by atoms with Gasteiger partial charge in [-0.25, -0.2) is 0 Å². The summed E-state index contributed by atoms with van der Waals surface area (Å²) in [5.74, 6) is -0.198. The molecule has 1 aliphatic heterocycles. The van der Waals surface area contributed by atoms with Crippen LogP contribution in [0.1, 0.15) is 11.1 Å². The molecule has 166 valence electrons. The Morgan fingerprint density at radius 3 is 2.22 bits per heavy atom. The van der Waals surface area contributed by atoms with Crippen LogP contribution in [0.3, 0.4) is 0 Å². The second kappa shape index (κ2) is 9.45. The van der Waals surface area contributed by atoms with E-state index in [1.54, 1.807) is 24.3 Å². The number of nitro groups is 1. The number of methoxy groups -OCH3 is 1. The largest absolute Gasteiger partial charge is 0.493 e. The van der Waals surface area contributed by atoms with E-state index in [1.807, 2.05) is 0 Å². The fourth-order valence-corrected chi connectivity index (χ4v) is 3.54. The third-order valence-electron chi connectivity index (χ3n) is 4.77. The van der Waals surface area contributed by atoms with Crippen LogP contribution in [0.5, 0.6) is 11.5 Å². The molecule has 0 atom stereocenters. The molecule has 2 amide bonds. The van der Waals surface area contributed by atoms with Gasteiger partial charge in [0.25, 0.3) is 17.5 Å². The number of hydrogen-bond donors (Lipinski definition) is 0. The molecule has 0 aromatic heterocycles. The molecule has 1 aliphatic rings. The first-order chi connectivity index (χ1) is 15.1. The van der Waals surface area contributed by atoms with Crippen LogP contribution in [0.15, 0.2) is 46.4 Å². The molecular weight excluding hydrogens is 502 g/mol. The molecule has 9 nitrogen and oxygen atoms in total. The predicted octanol–water partition coefficient (Wildman–Crippen LogP) is 3.54. The zero-order valence-corrected chi connectivity index (χ0v) is 19.7. The highest BCUT2D eigenvalue weighted by molar-refractivity contribution is 9.10. The van der Waals surface area contributed by atoms with E-state index in [0.29, 0.717) is 21.5 Å². The number of non-ortho nitro benzene ring substituents is 1. The number of thiocarbonyl (C=S) groups is 1. The molecule has 2 aromatic rings. The summed E-state index contributed by atoms with van der Waals surface area (Å²) in [7, 11) is 4.48. The van der Waals surface area contributed by atoms with E-state index in [4.69, 9.17) is 21.7 Å². The number of halogens is 1. The highest BCUT2D eigenvalue weighted by atomic mass is 79.9. The number of nitrogens with zero attached hydrogens (tertiary/aromatic N) is 3.